The first-order valence-electron chi connectivity index (χ1n) is 6.21. The molecule has 0 bridgehead atoms. The summed E-state index contributed by atoms with van der Waals surface area (Å²) in [5.74, 6) is 0.0428. The molecule has 0 aromatic heterocycles. The van der Waals surface area contributed by atoms with Gasteiger partial charge in [-0.1, -0.05) is 31.9 Å². The molecule has 0 saturated heterocycles. The van der Waals surface area contributed by atoms with Crippen molar-refractivity contribution in [3.63, 3.8) is 0 Å². The van der Waals surface area contributed by atoms with E-state index in [1.165, 1.54) is 0 Å². The lowest BCUT2D eigenvalue weighted by Gasteiger charge is -2.09. The molecule has 94 valence electrons. The highest BCUT2D eigenvalue weighted by Crippen LogP contribution is 2.17. The van der Waals surface area contributed by atoms with E-state index in [9.17, 15) is 9.90 Å². The molecular weight excluding hydrogens is 214 g/mol. The van der Waals surface area contributed by atoms with Crippen molar-refractivity contribution in [3.05, 3.63) is 29.8 Å². The highest BCUT2D eigenvalue weighted by molar-refractivity contribution is 5.90. The van der Waals surface area contributed by atoms with E-state index in [0.717, 1.165) is 30.5 Å². The van der Waals surface area contributed by atoms with E-state index in [1.54, 1.807) is 6.92 Å². The summed E-state index contributed by atoms with van der Waals surface area (Å²) in [5.41, 5.74) is 1.57. The largest absolute Gasteiger partial charge is 0.389 e. The van der Waals surface area contributed by atoms with Crippen molar-refractivity contribution in [3.8, 4) is 0 Å². The number of nitrogens with one attached hydrogen (secondary N) is 1. The molecule has 3 heteroatoms. The monoisotopic (exact) mass is 235 g/mol. The summed E-state index contributed by atoms with van der Waals surface area (Å²) in [5, 5.41) is 12.3. The second kappa shape index (κ2) is 7.07. The number of hydrogen-bond acceptors (Lipinski definition) is 2. The fourth-order valence-corrected chi connectivity index (χ4v) is 1.64. The van der Waals surface area contributed by atoms with Gasteiger partial charge in [0.05, 0.1) is 6.10 Å². The maximum atomic E-state index is 11.6. The van der Waals surface area contributed by atoms with Crippen molar-refractivity contribution in [2.24, 2.45) is 0 Å². The minimum absolute atomic E-state index is 0.0428. The second-order valence-electron chi connectivity index (χ2n) is 4.31. The Morgan fingerprint density at radius 2 is 2.18 bits per heavy atom. The molecule has 0 aliphatic heterocycles. The van der Waals surface area contributed by atoms with Crippen LogP contribution < -0.4 is 5.32 Å². The zero-order chi connectivity index (χ0) is 12.7. The van der Waals surface area contributed by atoms with E-state index in [0.29, 0.717) is 6.42 Å². The van der Waals surface area contributed by atoms with Gasteiger partial charge in [-0.15, -0.1) is 0 Å². The highest BCUT2D eigenvalue weighted by atomic mass is 16.3. The molecule has 0 heterocycles. The molecule has 0 aliphatic rings. The Morgan fingerprint density at radius 1 is 1.41 bits per heavy atom. The van der Waals surface area contributed by atoms with Crippen LogP contribution in [0.4, 0.5) is 5.69 Å². The van der Waals surface area contributed by atoms with Gasteiger partial charge in [-0.05, 0) is 31.0 Å². The number of rotatable bonds is 6. The smallest absolute Gasteiger partial charge is 0.224 e. The molecule has 0 fully saturated rings. The zero-order valence-corrected chi connectivity index (χ0v) is 10.6. The van der Waals surface area contributed by atoms with E-state index in [2.05, 4.69) is 12.2 Å². The topological polar surface area (TPSA) is 49.3 Å². The van der Waals surface area contributed by atoms with Crippen molar-refractivity contribution in [1.82, 2.24) is 0 Å². The van der Waals surface area contributed by atoms with Crippen LogP contribution in [0.2, 0.25) is 0 Å². The average Bonchev–Trinajstić information content (AvgIpc) is 2.29. The summed E-state index contributed by atoms with van der Waals surface area (Å²) in [7, 11) is 0. The predicted molar refractivity (Wildman–Crippen MR) is 69.8 cm³/mol. The van der Waals surface area contributed by atoms with Gasteiger partial charge >= 0.3 is 0 Å². The van der Waals surface area contributed by atoms with Crippen LogP contribution in [0.25, 0.3) is 0 Å². The van der Waals surface area contributed by atoms with Crippen LogP contribution in [0, 0.1) is 0 Å². The van der Waals surface area contributed by atoms with Crippen LogP contribution in [0.1, 0.15) is 51.2 Å². The normalized spacial score (nSPS) is 12.2. The Labute approximate surface area is 103 Å². The standard InChI is InChI=1S/C14H21NO2/c1-3-4-5-9-14(17)15-13-8-6-7-12(10-13)11(2)16/h6-8,10-11,16H,3-5,9H2,1-2H3,(H,15,17). The lowest BCUT2D eigenvalue weighted by molar-refractivity contribution is -0.116. The number of unbranched alkanes of at least 4 members (excludes halogenated alkanes) is 2. The molecule has 1 unspecified atom stereocenters. The van der Waals surface area contributed by atoms with Crippen LogP contribution in [0.5, 0.6) is 0 Å². The molecule has 1 aromatic rings. The second-order valence-corrected chi connectivity index (χ2v) is 4.31. The van der Waals surface area contributed by atoms with Crippen LogP contribution >= 0.6 is 0 Å². The third-order valence-corrected chi connectivity index (χ3v) is 2.66. The molecule has 0 aliphatic carbocycles. The van der Waals surface area contributed by atoms with E-state index in [-0.39, 0.29) is 5.91 Å². The average molecular weight is 235 g/mol. The number of amides is 1. The lowest BCUT2D eigenvalue weighted by atomic mass is 10.1. The zero-order valence-electron chi connectivity index (χ0n) is 10.6. The molecular formula is C14H21NO2. The van der Waals surface area contributed by atoms with E-state index < -0.39 is 6.10 Å². The third kappa shape index (κ3) is 5.00. The van der Waals surface area contributed by atoms with Crippen LogP contribution in [-0.4, -0.2) is 11.0 Å². The number of aliphatic hydroxyl groups excluding tert-OH is 1. The third-order valence-electron chi connectivity index (χ3n) is 2.66. The first-order chi connectivity index (χ1) is 8.13. The molecule has 0 radical (unpaired) electrons. The summed E-state index contributed by atoms with van der Waals surface area (Å²) in [4.78, 5) is 11.6. The number of aliphatic hydroxyl groups is 1. The number of carbonyl (C=O) groups is 1. The van der Waals surface area contributed by atoms with Crippen molar-refractivity contribution in [2.45, 2.75) is 45.6 Å². The fourth-order valence-electron chi connectivity index (χ4n) is 1.64. The molecule has 0 spiro atoms. The van der Waals surface area contributed by atoms with Gasteiger partial charge in [0.25, 0.3) is 0 Å². The summed E-state index contributed by atoms with van der Waals surface area (Å²) < 4.78 is 0. The molecule has 2 N–H and O–H groups in total. The Hall–Kier alpha value is -1.35. The minimum atomic E-state index is -0.507. The molecule has 1 amide bonds. The summed E-state index contributed by atoms with van der Waals surface area (Å²) in [6.45, 7) is 3.83. The minimum Gasteiger partial charge on any atom is -0.389 e. The quantitative estimate of drug-likeness (QED) is 0.743. The Bertz CT molecular complexity index is 361. The molecule has 3 nitrogen and oxygen atoms in total. The Balaban J connectivity index is 2.50. The van der Waals surface area contributed by atoms with Gasteiger partial charge in [0, 0.05) is 12.1 Å². The molecule has 0 saturated carbocycles. The van der Waals surface area contributed by atoms with Gasteiger partial charge < -0.3 is 10.4 Å². The number of carbonyl (C=O) groups excluding carboxylic acids is 1. The molecule has 1 aromatic carbocycles. The number of hydrogen-bond donors (Lipinski definition) is 2. The van der Waals surface area contributed by atoms with Gasteiger partial charge in [-0.3, -0.25) is 4.79 Å². The van der Waals surface area contributed by atoms with E-state index in [4.69, 9.17) is 0 Å². The van der Waals surface area contributed by atoms with Crippen molar-refractivity contribution >= 4 is 11.6 Å². The summed E-state index contributed by atoms with van der Waals surface area (Å²) in [6, 6.07) is 7.33. The van der Waals surface area contributed by atoms with E-state index >= 15 is 0 Å². The first-order valence-corrected chi connectivity index (χ1v) is 6.21. The van der Waals surface area contributed by atoms with Crippen molar-refractivity contribution in [2.75, 3.05) is 5.32 Å². The van der Waals surface area contributed by atoms with Crippen molar-refractivity contribution in [1.29, 1.82) is 0 Å². The van der Waals surface area contributed by atoms with Gasteiger partial charge in [-0.2, -0.15) is 0 Å². The first kappa shape index (κ1) is 13.7. The van der Waals surface area contributed by atoms with Gasteiger partial charge in [0.2, 0.25) is 5.91 Å². The number of anilines is 1. The van der Waals surface area contributed by atoms with Gasteiger partial charge in [-0.25, -0.2) is 0 Å². The molecule has 1 rings (SSSR count). The van der Waals surface area contributed by atoms with Crippen LogP contribution in [0.3, 0.4) is 0 Å². The highest BCUT2D eigenvalue weighted by Gasteiger charge is 2.04. The SMILES string of the molecule is CCCCCC(=O)Nc1cccc(C(C)O)c1. The molecule has 1 atom stereocenters. The predicted octanol–water partition coefficient (Wildman–Crippen LogP) is 3.26. The maximum absolute atomic E-state index is 11.6. The van der Waals surface area contributed by atoms with E-state index in [1.807, 2.05) is 24.3 Å². The van der Waals surface area contributed by atoms with Gasteiger partial charge in [0.15, 0.2) is 0 Å². The van der Waals surface area contributed by atoms with Crippen LogP contribution in [0.15, 0.2) is 24.3 Å². The van der Waals surface area contributed by atoms with Gasteiger partial charge in [0.1, 0.15) is 0 Å². The van der Waals surface area contributed by atoms with Crippen molar-refractivity contribution < 1.29 is 9.90 Å². The van der Waals surface area contributed by atoms with Crippen LogP contribution in [-0.2, 0) is 4.79 Å². The Kier molecular flexibility index (Phi) is 5.70. The fraction of sp³-hybridized carbons (Fsp3) is 0.500. The maximum Gasteiger partial charge on any atom is 0.224 e. The molecule has 17 heavy (non-hydrogen) atoms. The Morgan fingerprint density at radius 3 is 2.82 bits per heavy atom. The summed E-state index contributed by atoms with van der Waals surface area (Å²) >= 11 is 0. The number of benzene rings is 1. The lowest BCUT2D eigenvalue weighted by Crippen LogP contribution is -2.11. The summed E-state index contributed by atoms with van der Waals surface area (Å²) in [6.07, 6.45) is 3.18.